The third-order valence-electron chi connectivity index (χ3n) is 13.4. The maximum Gasteiger partial charge on any atom is 0.415 e. The number of halogens is 1. The minimum atomic E-state index is -2.75. The molecule has 3 heterocycles. The van der Waals surface area contributed by atoms with E-state index < -0.39 is 50.5 Å². The lowest BCUT2D eigenvalue weighted by atomic mass is 9.95. The molecule has 0 bridgehead atoms. The van der Waals surface area contributed by atoms with Crippen LogP contribution in [0, 0.1) is 5.92 Å². The fourth-order valence-electron chi connectivity index (χ4n) is 9.30. The molecule has 79 heavy (non-hydrogen) atoms. The summed E-state index contributed by atoms with van der Waals surface area (Å²) in [6.45, 7) is 4.74. The molecule has 0 saturated heterocycles. The van der Waals surface area contributed by atoms with E-state index in [1.54, 1.807) is 78.2 Å². The Bertz CT molecular complexity index is 3340. The van der Waals surface area contributed by atoms with E-state index in [1.165, 1.54) is 30.8 Å². The molecule has 1 unspecified atom stereocenters. The van der Waals surface area contributed by atoms with Crippen LogP contribution in [0.1, 0.15) is 62.7 Å². The molecule has 6 N–H and O–H groups in total. The minimum Gasteiger partial charge on any atom is -0.445 e. The molecular weight excluding hydrogens is 1080 g/mol. The number of thiophene rings is 1. The Morgan fingerprint density at radius 2 is 1.34 bits per heavy atom. The highest BCUT2D eigenvalue weighted by molar-refractivity contribution is 7.39. The Morgan fingerprint density at radius 3 is 1.97 bits per heavy atom. The Kier molecular flexibility index (Phi) is 18.3. The zero-order valence-corrected chi connectivity index (χ0v) is 46.2. The number of nitrogens with zero attached hydrogens (tertiary/aromatic N) is 4. The van der Waals surface area contributed by atoms with Crippen LogP contribution in [0.3, 0.4) is 0 Å². The molecule has 0 aliphatic carbocycles. The van der Waals surface area contributed by atoms with E-state index >= 15 is 0 Å². The molecule has 0 fully saturated rings. The molecule has 21 nitrogen and oxygen atoms in total. The second-order valence-corrected chi connectivity index (χ2v) is 21.3. The summed E-state index contributed by atoms with van der Waals surface area (Å²) >= 11 is 7.52. The molecule has 2 atom stereocenters. The topological polar surface area (TPSA) is 266 Å². The number of amides is 8. The highest BCUT2D eigenvalue weighted by atomic mass is 35.5. The van der Waals surface area contributed by atoms with Crippen molar-refractivity contribution in [3.8, 4) is 11.5 Å². The lowest BCUT2D eigenvalue weighted by molar-refractivity contribution is -0.131. The predicted molar refractivity (Wildman–Crippen MR) is 300 cm³/mol. The first-order valence-corrected chi connectivity index (χ1v) is 27.6. The van der Waals surface area contributed by atoms with Gasteiger partial charge in [0.05, 0.1) is 34.2 Å². The third-order valence-corrected chi connectivity index (χ3v) is 15.2. The third kappa shape index (κ3) is 13.3. The number of ether oxygens (including phenoxy) is 2. The van der Waals surface area contributed by atoms with Crippen LogP contribution >= 0.6 is 31.5 Å². The number of hydrogen-bond acceptors (Lipinski definition) is 14. The van der Waals surface area contributed by atoms with Gasteiger partial charge in [0.1, 0.15) is 24.1 Å². The number of nitrogens with one attached hydrogen (secondary N) is 4. The number of carbonyl (C=O) groups is 8. The van der Waals surface area contributed by atoms with Gasteiger partial charge in [-0.15, -0.1) is 22.9 Å². The molecule has 8 amide bonds. The Labute approximate surface area is 464 Å². The molecule has 1 aromatic heterocycles. The highest BCUT2D eigenvalue weighted by Crippen LogP contribution is 2.48. The zero-order valence-electron chi connectivity index (χ0n) is 43.7. The van der Waals surface area contributed by atoms with Crippen molar-refractivity contribution in [1.29, 1.82) is 0 Å². The quantitative estimate of drug-likeness (QED) is 0.0358. The SMILES string of the molecule is CC(=O)NCC(=O)NC(C(=O)NCC(=O)Nc1ccc(COC(=O)N(C)CCN(C)C(=O)Oc2cc3c(c4ccccc24)CCN3C(=O)c2ccc(C(=O)N3C[C@@H](CCl)c4c3cc(OP(O)O)c3ccccc43)s2)cc1)C(C)C. The van der Waals surface area contributed by atoms with Crippen molar-refractivity contribution >= 4 is 118 Å². The van der Waals surface area contributed by atoms with Crippen LogP contribution < -0.4 is 40.3 Å². The zero-order chi connectivity index (χ0) is 56.7. The molecule has 414 valence electrons. The van der Waals surface area contributed by atoms with E-state index in [4.69, 9.17) is 25.6 Å². The predicted octanol–water partition coefficient (Wildman–Crippen LogP) is 6.86. The summed E-state index contributed by atoms with van der Waals surface area (Å²) < 4.78 is 16.9. The monoisotopic (exact) mass is 1140 g/mol. The number of fused-ring (bicyclic) bond motifs is 6. The first-order valence-electron chi connectivity index (χ1n) is 25.1. The summed E-state index contributed by atoms with van der Waals surface area (Å²) in [7, 11) is 0.308. The van der Waals surface area contributed by atoms with Gasteiger partial charge < -0.3 is 64.7 Å². The smallest absolute Gasteiger partial charge is 0.415 e. The van der Waals surface area contributed by atoms with Crippen LogP contribution in [0.5, 0.6) is 11.5 Å². The second-order valence-electron chi connectivity index (χ2n) is 19.2. The van der Waals surface area contributed by atoms with E-state index in [1.807, 2.05) is 42.5 Å². The van der Waals surface area contributed by atoms with E-state index in [0.717, 1.165) is 33.2 Å². The molecular formula is C55H58ClN8O13PS. The molecule has 0 spiro atoms. The van der Waals surface area contributed by atoms with Crippen LogP contribution in [0.4, 0.5) is 26.7 Å². The van der Waals surface area contributed by atoms with Gasteiger partial charge in [0, 0.05) is 87.6 Å². The Morgan fingerprint density at radius 1 is 0.747 bits per heavy atom. The van der Waals surface area contributed by atoms with Gasteiger partial charge in [0.2, 0.25) is 23.6 Å². The number of benzene rings is 5. The van der Waals surface area contributed by atoms with Gasteiger partial charge in [-0.05, 0) is 64.1 Å². The summed E-state index contributed by atoms with van der Waals surface area (Å²) in [6.07, 6.45) is -0.831. The number of hydrogen-bond donors (Lipinski definition) is 6. The van der Waals surface area contributed by atoms with Crippen molar-refractivity contribution in [3.05, 3.63) is 124 Å². The van der Waals surface area contributed by atoms with Gasteiger partial charge in [-0.1, -0.05) is 74.5 Å². The van der Waals surface area contributed by atoms with Crippen molar-refractivity contribution in [2.45, 2.75) is 45.8 Å². The summed E-state index contributed by atoms with van der Waals surface area (Å²) in [5, 5.41) is 13.0. The average Bonchev–Trinajstić information content (AvgIpc) is 4.42. The van der Waals surface area contributed by atoms with E-state index in [-0.39, 0.29) is 80.4 Å². The van der Waals surface area contributed by atoms with Crippen molar-refractivity contribution in [3.63, 3.8) is 0 Å². The van der Waals surface area contributed by atoms with E-state index in [2.05, 4.69) is 21.3 Å². The van der Waals surface area contributed by atoms with Crippen molar-refractivity contribution in [2.75, 3.05) is 74.4 Å². The van der Waals surface area contributed by atoms with Crippen molar-refractivity contribution in [2.24, 2.45) is 5.92 Å². The number of rotatable bonds is 19. The van der Waals surface area contributed by atoms with Gasteiger partial charge >= 0.3 is 20.8 Å². The molecule has 8 rings (SSSR count). The van der Waals surface area contributed by atoms with Gasteiger partial charge in [0.15, 0.2) is 0 Å². The number of likely N-dealkylation sites (N-methyl/N-ethyl adjacent to an activating group) is 2. The molecule has 2 aliphatic heterocycles. The van der Waals surface area contributed by atoms with Crippen LogP contribution in [-0.4, -0.2) is 133 Å². The maximum atomic E-state index is 14.4. The molecule has 0 radical (unpaired) electrons. The highest BCUT2D eigenvalue weighted by Gasteiger charge is 2.37. The van der Waals surface area contributed by atoms with Crippen molar-refractivity contribution in [1.82, 2.24) is 25.8 Å². The lowest BCUT2D eigenvalue weighted by Crippen LogP contribution is -2.52. The molecule has 5 aromatic carbocycles. The van der Waals surface area contributed by atoms with Crippen LogP contribution in [0.25, 0.3) is 21.5 Å². The van der Waals surface area contributed by atoms with Crippen LogP contribution in [-0.2, 0) is 36.9 Å². The van der Waals surface area contributed by atoms with E-state index in [0.29, 0.717) is 56.1 Å². The van der Waals surface area contributed by atoms with Crippen LogP contribution in [0.15, 0.2) is 97.1 Å². The Balaban J connectivity index is 0.840. The average molecular weight is 1140 g/mol. The fourth-order valence-corrected chi connectivity index (χ4v) is 10.8. The summed E-state index contributed by atoms with van der Waals surface area (Å²) in [4.78, 5) is 130. The first kappa shape index (κ1) is 57.3. The lowest BCUT2D eigenvalue weighted by Gasteiger charge is -2.23. The van der Waals surface area contributed by atoms with Gasteiger partial charge in [0.25, 0.3) is 11.8 Å². The maximum absolute atomic E-state index is 14.4. The van der Waals surface area contributed by atoms with Crippen LogP contribution in [0.2, 0.25) is 0 Å². The molecule has 2 aliphatic rings. The summed E-state index contributed by atoms with van der Waals surface area (Å²) in [5.74, 6) is -2.57. The minimum absolute atomic E-state index is 0.0746. The normalized spacial score (nSPS) is 13.9. The number of anilines is 3. The first-order chi connectivity index (χ1) is 37.8. The van der Waals surface area contributed by atoms with E-state index in [9.17, 15) is 48.1 Å². The van der Waals surface area contributed by atoms with Crippen molar-refractivity contribution < 1.29 is 62.1 Å². The second kappa shape index (κ2) is 25.3. The molecule has 0 saturated carbocycles. The number of alkyl halides is 1. The Hall–Kier alpha value is -7.88. The standard InChI is InChI=1S/C55H58ClN8O13PS/c1-31(2)50(60-48(67)27-57-32(3)65)51(68)58-28-47(66)59-35-16-14-33(15-17-35)30-75-54(71)61(4)22-23-62(5)55(72)76-43-24-41-37(36-10-6-7-11-38(36)43)20-21-63(41)52(69)45-18-19-46(79-45)53(70)64-29-34(26-56)49-40-13-9-8-12-39(40)44(25-42(49)64)77-78(73)74/h6-19,24-25,31,34,50,73-74H,20-23,26-30H2,1-5H3,(H,57,65)(H,58,68)(H,59,66)(H,60,67)/t34-,50?/m1/s1. The molecule has 6 aromatic rings. The molecule has 24 heteroatoms. The largest absolute Gasteiger partial charge is 0.445 e. The number of carbonyl (C=O) groups excluding carboxylic acids is 8. The summed E-state index contributed by atoms with van der Waals surface area (Å²) in [5.41, 5.74) is 3.87. The van der Waals surface area contributed by atoms with Gasteiger partial charge in [-0.3, -0.25) is 28.8 Å². The summed E-state index contributed by atoms with van der Waals surface area (Å²) in [6, 6.07) is 26.9. The van der Waals surface area contributed by atoms with Gasteiger partial charge in [-0.2, -0.15) is 0 Å². The van der Waals surface area contributed by atoms with Gasteiger partial charge in [-0.25, -0.2) is 9.59 Å². The fraction of sp³-hybridized carbons (Fsp3) is 0.309.